The van der Waals surface area contributed by atoms with Crippen LogP contribution >= 0.6 is 0 Å². The van der Waals surface area contributed by atoms with Crippen LogP contribution in [-0.4, -0.2) is 48.0 Å². The molecule has 0 amide bonds. The Morgan fingerprint density at radius 2 is 1.12 bits per heavy atom. The van der Waals surface area contributed by atoms with Crippen LogP contribution in [0.2, 0.25) is 0 Å². The molecule has 0 unspecified atom stereocenters. The Bertz CT molecular complexity index is 296. The summed E-state index contributed by atoms with van der Waals surface area (Å²) in [6, 6.07) is 0. The molecule has 0 saturated carbocycles. The van der Waals surface area contributed by atoms with Gasteiger partial charge < -0.3 is 10.2 Å². The molecule has 0 aliphatic heterocycles. The molecule has 0 rings (SSSR count). The second-order valence-electron chi connectivity index (χ2n) is 6.87. The summed E-state index contributed by atoms with van der Waals surface area (Å²) in [6.45, 7) is 4.97. The molecule has 0 atom stereocenters. The molecule has 0 aliphatic rings. The van der Waals surface area contributed by atoms with Crippen molar-refractivity contribution >= 4 is 0 Å². The van der Waals surface area contributed by atoms with Crippen LogP contribution in [0.3, 0.4) is 0 Å². The summed E-state index contributed by atoms with van der Waals surface area (Å²) >= 11 is 0. The van der Waals surface area contributed by atoms with Crippen molar-refractivity contribution in [3.63, 3.8) is 0 Å². The summed E-state index contributed by atoms with van der Waals surface area (Å²) < 4.78 is 0. The van der Waals surface area contributed by atoms with Crippen LogP contribution in [0, 0.1) is 0 Å². The van der Waals surface area contributed by atoms with E-state index >= 15 is 0 Å². The molecule has 25 heavy (non-hydrogen) atoms. The molecule has 3 heteroatoms. The fraction of sp³-hybridized carbons (Fsp3) is 0.818. The summed E-state index contributed by atoms with van der Waals surface area (Å²) in [6.07, 6.45) is 24.5. The van der Waals surface area contributed by atoms with Gasteiger partial charge in [-0.15, -0.1) is 0 Å². The minimum Gasteiger partial charge on any atom is -0.395 e. The number of aliphatic hydroxyl groups excluding tert-OH is 2. The van der Waals surface area contributed by atoms with Crippen molar-refractivity contribution in [2.45, 2.75) is 84.0 Å². The highest BCUT2D eigenvalue weighted by molar-refractivity contribution is 4.92. The average Bonchev–Trinajstić information content (AvgIpc) is 2.61. The van der Waals surface area contributed by atoms with E-state index in [2.05, 4.69) is 36.1 Å². The largest absolute Gasteiger partial charge is 0.395 e. The lowest BCUT2D eigenvalue weighted by Gasteiger charge is -2.19. The van der Waals surface area contributed by atoms with Crippen molar-refractivity contribution in [3.8, 4) is 0 Å². The molecule has 0 radical (unpaired) electrons. The highest BCUT2D eigenvalue weighted by atomic mass is 16.3. The molecular weight excluding hydrogens is 310 g/mol. The van der Waals surface area contributed by atoms with Gasteiger partial charge in [0, 0.05) is 13.1 Å². The van der Waals surface area contributed by atoms with Crippen LogP contribution in [0.1, 0.15) is 84.0 Å². The van der Waals surface area contributed by atoms with Gasteiger partial charge in [-0.25, -0.2) is 0 Å². The van der Waals surface area contributed by atoms with Crippen LogP contribution in [-0.2, 0) is 0 Å². The van der Waals surface area contributed by atoms with Crippen molar-refractivity contribution in [2.24, 2.45) is 0 Å². The number of unbranched alkanes of at least 4 members (excludes halogenated alkanes) is 9. The molecule has 0 aliphatic carbocycles. The first-order valence-corrected chi connectivity index (χ1v) is 10.6. The molecular formula is C22H43NO2. The molecule has 0 fully saturated rings. The molecule has 0 heterocycles. The van der Waals surface area contributed by atoms with Crippen molar-refractivity contribution in [2.75, 3.05) is 32.8 Å². The van der Waals surface area contributed by atoms with E-state index in [4.69, 9.17) is 10.2 Å². The summed E-state index contributed by atoms with van der Waals surface area (Å²) in [5, 5.41) is 17.9. The van der Waals surface area contributed by atoms with Crippen molar-refractivity contribution in [1.82, 2.24) is 4.90 Å². The van der Waals surface area contributed by atoms with Crippen LogP contribution in [0.5, 0.6) is 0 Å². The van der Waals surface area contributed by atoms with E-state index in [-0.39, 0.29) is 13.2 Å². The quantitative estimate of drug-likeness (QED) is 0.251. The Balaban J connectivity index is 3.31. The molecule has 3 nitrogen and oxygen atoms in total. The summed E-state index contributed by atoms with van der Waals surface area (Å²) in [7, 11) is 0. The zero-order chi connectivity index (χ0) is 18.4. The topological polar surface area (TPSA) is 43.7 Å². The number of hydrogen-bond donors (Lipinski definition) is 2. The van der Waals surface area contributed by atoms with E-state index in [0.717, 1.165) is 13.0 Å². The van der Waals surface area contributed by atoms with Crippen molar-refractivity contribution in [1.29, 1.82) is 0 Å². The lowest BCUT2D eigenvalue weighted by atomic mass is 10.1. The summed E-state index contributed by atoms with van der Waals surface area (Å²) in [5.41, 5.74) is 0. The second-order valence-corrected chi connectivity index (χ2v) is 6.87. The Morgan fingerprint density at radius 1 is 0.600 bits per heavy atom. The summed E-state index contributed by atoms with van der Waals surface area (Å²) in [4.78, 5) is 2.14. The van der Waals surface area contributed by atoms with Crippen molar-refractivity contribution < 1.29 is 10.2 Å². The van der Waals surface area contributed by atoms with Crippen LogP contribution < -0.4 is 0 Å². The molecule has 0 aromatic carbocycles. The van der Waals surface area contributed by atoms with Crippen LogP contribution in [0.15, 0.2) is 24.3 Å². The zero-order valence-corrected chi connectivity index (χ0v) is 16.7. The Hall–Kier alpha value is -0.640. The van der Waals surface area contributed by atoms with Gasteiger partial charge in [0.25, 0.3) is 0 Å². The van der Waals surface area contributed by atoms with Crippen LogP contribution in [0.4, 0.5) is 0 Å². The van der Waals surface area contributed by atoms with Gasteiger partial charge >= 0.3 is 0 Å². The molecule has 0 aromatic rings. The van der Waals surface area contributed by atoms with E-state index in [1.54, 1.807) is 0 Å². The molecule has 0 spiro atoms. The Kier molecular flexibility index (Phi) is 20.9. The zero-order valence-electron chi connectivity index (χ0n) is 16.7. The third kappa shape index (κ3) is 19.5. The van der Waals surface area contributed by atoms with E-state index in [1.807, 2.05) is 0 Å². The van der Waals surface area contributed by atoms with Gasteiger partial charge in [0.05, 0.1) is 13.2 Å². The smallest absolute Gasteiger partial charge is 0.0558 e. The SMILES string of the molecule is CCCCC/C=C\C/C=C\CCCCCCCCN(CCO)CCO. The first-order chi connectivity index (χ1) is 12.3. The van der Waals surface area contributed by atoms with E-state index in [0.29, 0.717) is 13.1 Å². The minimum atomic E-state index is 0.183. The maximum Gasteiger partial charge on any atom is 0.0558 e. The highest BCUT2D eigenvalue weighted by Gasteiger charge is 2.02. The number of rotatable bonds is 19. The van der Waals surface area contributed by atoms with Crippen molar-refractivity contribution in [3.05, 3.63) is 24.3 Å². The Morgan fingerprint density at radius 3 is 1.68 bits per heavy atom. The lowest BCUT2D eigenvalue weighted by Crippen LogP contribution is -2.30. The Labute approximate surface area is 156 Å². The molecule has 0 aromatic heterocycles. The fourth-order valence-electron chi connectivity index (χ4n) is 2.94. The lowest BCUT2D eigenvalue weighted by molar-refractivity contribution is 0.159. The number of allylic oxidation sites excluding steroid dienone is 4. The maximum atomic E-state index is 8.97. The minimum absolute atomic E-state index is 0.183. The van der Waals surface area contributed by atoms with Gasteiger partial charge in [-0.05, 0) is 45.1 Å². The normalized spacial score (nSPS) is 12.2. The van der Waals surface area contributed by atoms with Gasteiger partial charge in [-0.3, -0.25) is 4.90 Å². The average molecular weight is 354 g/mol. The molecule has 0 bridgehead atoms. The third-order valence-electron chi connectivity index (χ3n) is 4.51. The number of aliphatic hydroxyl groups is 2. The van der Waals surface area contributed by atoms with Gasteiger partial charge in [-0.1, -0.05) is 69.8 Å². The predicted molar refractivity (Wildman–Crippen MR) is 110 cm³/mol. The van der Waals surface area contributed by atoms with Crippen LogP contribution in [0.25, 0.3) is 0 Å². The monoisotopic (exact) mass is 353 g/mol. The number of hydrogen-bond acceptors (Lipinski definition) is 3. The molecule has 0 saturated heterocycles. The van der Waals surface area contributed by atoms with E-state index < -0.39 is 0 Å². The molecule has 148 valence electrons. The van der Waals surface area contributed by atoms with Gasteiger partial charge in [-0.2, -0.15) is 0 Å². The second kappa shape index (κ2) is 21.4. The first kappa shape index (κ1) is 24.4. The first-order valence-electron chi connectivity index (χ1n) is 10.6. The van der Waals surface area contributed by atoms with Gasteiger partial charge in [0.2, 0.25) is 0 Å². The maximum absolute atomic E-state index is 8.97. The summed E-state index contributed by atoms with van der Waals surface area (Å²) in [5.74, 6) is 0. The van der Waals surface area contributed by atoms with Gasteiger partial charge in [0.1, 0.15) is 0 Å². The molecule has 2 N–H and O–H groups in total. The predicted octanol–water partition coefficient (Wildman–Crippen LogP) is 5.09. The van der Waals surface area contributed by atoms with E-state index in [1.165, 1.54) is 70.6 Å². The third-order valence-corrected chi connectivity index (χ3v) is 4.51. The van der Waals surface area contributed by atoms with E-state index in [9.17, 15) is 0 Å². The van der Waals surface area contributed by atoms with Gasteiger partial charge in [0.15, 0.2) is 0 Å². The highest BCUT2D eigenvalue weighted by Crippen LogP contribution is 2.08. The number of nitrogens with zero attached hydrogens (tertiary/aromatic N) is 1. The fourth-order valence-corrected chi connectivity index (χ4v) is 2.94. The standard InChI is InChI=1S/C22H43NO2/c1-2-3-4-5-6-7-8-9-10-11-12-13-14-15-16-17-18-23(19-21-24)20-22-25/h6-7,9-10,24-25H,2-5,8,11-22H2,1H3/b7-6-,10-9-.